The lowest BCUT2D eigenvalue weighted by molar-refractivity contribution is -0.141. The van der Waals surface area contributed by atoms with Crippen LogP contribution in [0.25, 0.3) is 0 Å². The summed E-state index contributed by atoms with van der Waals surface area (Å²) in [5.74, 6) is -0.0279. The highest BCUT2D eigenvalue weighted by Crippen LogP contribution is 2.31. The molecule has 2 rings (SSSR count). The van der Waals surface area contributed by atoms with Crippen LogP contribution in [-0.2, 0) is 9.59 Å². The molecule has 0 unspecified atom stereocenters. The Morgan fingerprint density at radius 2 is 2.20 bits per heavy atom. The lowest BCUT2D eigenvalue weighted by Crippen LogP contribution is -2.42. The first kappa shape index (κ1) is 10.6. The third-order valence-corrected chi connectivity index (χ3v) is 3.28. The fourth-order valence-corrected chi connectivity index (χ4v) is 2.35. The fraction of sp³-hybridized carbons (Fsp3) is 0.818. The van der Waals surface area contributed by atoms with Crippen molar-refractivity contribution in [3.63, 3.8) is 0 Å². The monoisotopic (exact) mass is 210 g/mol. The molecule has 1 N–H and O–H groups in total. The summed E-state index contributed by atoms with van der Waals surface area (Å²) in [6, 6.07) is 0.312. The van der Waals surface area contributed by atoms with Gasteiger partial charge < -0.3 is 5.32 Å². The second kappa shape index (κ2) is 3.59. The van der Waals surface area contributed by atoms with Crippen LogP contribution >= 0.6 is 0 Å². The fourth-order valence-electron chi connectivity index (χ4n) is 2.35. The van der Waals surface area contributed by atoms with E-state index in [0.29, 0.717) is 19.0 Å². The number of nitrogens with one attached hydrogen (secondary N) is 1. The number of carbonyl (C=O) groups excluding carboxylic acids is 2. The number of likely N-dealkylation sites (tertiary alicyclic amines) is 1. The number of amides is 2. The molecule has 2 fully saturated rings. The average Bonchev–Trinajstić information content (AvgIpc) is 2.69. The first-order chi connectivity index (χ1) is 7.00. The maximum Gasteiger partial charge on any atom is 0.235 e. The van der Waals surface area contributed by atoms with Crippen molar-refractivity contribution in [1.82, 2.24) is 10.2 Å². The van der Waals surface area contributed by atoms with E-state index in [-0.39, 0.29) is 11.8 Å². The Balaban J connectivity index is 2.02. The molecule has 2 aliphatic rings. The van der Waals surface area contributed by atoms with Gasteiger partial charge in [-0.1, -0.05) is 13.8 Å². The molecule has 4 heteroatoms. The van der Waals surface area contributed by atoms with Crippen LogP contribution in [0.3, 0.4) is 0 Å². The Morgan fingerprint density at radius 1 is 1.47 bits per heavy atom. The molecule has 0 aromatic carbocycles. The quantitative estimate of drug-likeness (QED) is 0.676. The topological polar surface area (TPSA) is 49.4 Å². The van der Waals surface area contributed by atoms with Crippen molar-refractivity contribution in [3.8, 4) is 0 Å². The van der Waals surface area contributed by atoms with Crippen molar-refractivity contribution >= 4 is 11.8 Å². The molecule has 2 amide bonds. The van der Waals surface area contributed by atoms with Gasteiger partial charge in [0.15, 0.2) is 0 Å². The van der Waals surface area contributed by atoms with Crippen LogP contribution in [-0.4, -0.2) is 35.8 Å². The van der Waals surface area contributed by atoms with E-state index in [1.54, 1.807) is 0 Å². The Kier molecular flexibility index (Phi) is 2.54. The number of rotatable bonds is 2. The van der Waals surface area contributed by atoms with Crippen LogP contribution in [0, 0.1) is 5.41 Å². The number of hydrogen-bond acceptors (Lipinski definition) is 3. The first-order valence-electron chi connectivity index (χ1n) is 5.59. The van der Waals surface area contributed by atoms with E-state index in [4.69, 9.17) is 0 Å². The standard InChI is InChI=1S/C11H18N2O2/c1-11(2)6-9(14)13(10(11)15)7-8-4-3-5-12-8/h8,12H,3-7H2,1-2H3/t8-/m1/s1. The van der Waals surface area contributed by atoms with Gasteiger partial charge >= 0.3 is 0 Å². The zero-order chi connectivity index (χ0) is 11.1. The highest BCUT2D eigenvalue weighted by Gasteiger charge is 2.45. The molecule has 0 aromatic heterocycles. The highest BCUT2D eigenvalue weighted by molar-refractivity contribution is 6.05. The molecule has 2 heterocycles. The van der Waals surface area contributed by atoms with Crippen molar-refractivity contribution in [2.75, 3.05) is 13.1 Å². The maximum absolute atomic E-state index is 11.9. The summed E-state index contributed by atoms with van der Waals surface area (Å²) in [6.45, 7) is 5.25. The Labute approximate surface area is 90.0 Å². The van der Waals surface area contributed by atoms with Crippen molar-refractivity contribution in [1.29, 1.82) is 0 Å². The van der Waals surface area contributed by atoms with Crippen LogP contribution < -0.4 is 5.32 Å². The van der Waals surface area contributed by atoms with Crippen molar-refractivity contribution < 1.29 is 9.59 Å². The second-order valence-electron chi connectivity index (χ2n) is 5.16. The summed E-state index contributed by atoms with van der Waals surface area (Å²) < 4.78 is 0. The summed E-state index contributed by atoms with van der Waals surface area (Å²) in [5, 5.41) is 3.31. The lowest BCUT2D eigenvalue weighted by Gasteiger charge is -2.21. The molecule has 0 radical (unpaired) electrons. The lowest BCUT2D eigenvalue weighted by atomic mass is 9.92. The molecule has 2 saturated heterocycles. The van der Waals surface area contributed by atoms with Crippen LogP contribution in [0.1, 0.15) is 33.1 Å². The smallest absolute Gasteiger partial charge is 0.235 e. The summed E-state index contributed by atoms with van der Waals surface area (Å²) in [5.41, 5.74) is -0.490. The minimum absolute atomic E-state index is 0.0128. The maximum atomic E-state index is 11.9. The van der Waals surface area contributed by atoms with Gasteiger partial charge in [0.1, 0.15) is 0 Å². The molecule has 0 aromatic rings. The van der Waals surface area contributed by atoms with Crippen molar-refractivity contribution in [2.24, 2.45) is 5.41 Å². The number of imide groups is 1. The molecule has 1 atom stereocenters. The highest BCUT2D eigenvalue weighted by atomic mass is 16.2. The summed E-state index contributed by atoms with van der Waals surface area (Å²) in [6.07, 6.45) is 2.57. The summed E-state index contributed by atoms with van der Waals surface area (Å²) in [4.78, 5) is 25.0. The predicted octanol–water partition coefficient (Wildman–Crippen LogP) is 0.523. The second-order valence-corrected chi connectivity index (χ2v) is 5.16. The molecule has 2 aliphatic heterocycles. The van der Waals surface area contributed by atoms with Gasteiger partial charge in [0.25, 0.3) is 0 Å². The summed E-state index contributed by atoms with van der Waals surface area (Å²) >= 11 is 0. The van der Waals surface area contributed by atoms with E-state index in [0.717, 1.165) is 19.4 Å². The Hall–Kier alpha value is -0.900. The van der Waals surface area contributed by atoms with Gasteiger partial charge in [0.2, 0.25) is 11.8 Å². The van der Waals surface area contributed by atoms with E-state index in [1.165, 1.54) is 4.90 Å². The molecule has 0 bridgehead atoms. The zero-order valence-electron chi connectivity index (χ0n) is 9.38. The largest absolute Gasteiger partial charge is 0.312 e. The summed E-state index contributed by atoms with van der Waals surface area (Å²) in [7, 11) is 0. The van der Waals surface area contributed by atoms with Crippen LogP contribution in [0.15, 0.2) is 0 Å². The third kappa shape index (κ3) is 1.91. The molecular formula is C11H18N2O2. The number of hydrogen-bond donors (Lipinski definition) is 1. The minimum atomic E-state index is -0.490. The van der Waals surface area contributed by atoms with E-state index in [1.807, 2.05) is 13.8 Å². The Bertz CT molecular complexity index is 293. The van der Waals surface area contributed by atoms with Gasteiger partial charge in [-0.3, -0.25) is 14.5 Å². The molecular weight excluding hydrogens is 192 g/mol. The van der Waals surface area contributed by atoms with Gasteiger partial charge in [0, 0.05) is 19.0 Å². The predicted molar refractivity (Wildman–Crippen MR) is 56.1 cm³/mol. The zero-order valence-corrected chi connectivity index (χ0v) is 9.38. The SMILES string of the molecule is CC1(C)CC(=O)N(C[C@H]2CCCN2)C1=O. The van der Waals surface area contributed by atoms with E-state index in [9.17, 15) is 9.59 Å². The van der Waals surface area contributed by atoms with Crippen molar-refractivity contribution in [3.05, 3.63) is 0 Å². The van der Waals surface area contributed by atoms with E-state index >= 15 is 0 Å². The van der Waals surface area contributed by atoms with Crippen molar-refractivity contribution in [2.45, 2.75) is 39.2 Å². The first-order valence-corrected chi connectivity index (χ1v) is 5.59. The molecule has 0 spiro atoms. The Morgan fingerprint density at radius 3 is 2.67 bits per heavy atom. The number of nitrogens with zero attached hydrogens (tertiary/aromatic N) is 1. The van der Waals surface area contributed by atoms with Gasteiger partial charge in [0.05, 0.1) is 5.41 Å². The van der Waals surface area contributed by atoms with Gasteiger partial charge in [-0.05, 0) is 19.4 Å². The van der Waals surface area contributed by atoms with Gasteiger partial charge in [-0.2, -0.15) is 0 Å². The van der Waals surface area contributed by atoms with Crippen LogP contribution in [0.2, 0.25) is 0 Å². The van der Waals surface area contributed by atoms with Crippen LogP contribution in [0.4, 0.5) is 0 Å². The van der Waals surface area contributed by atoms with E-state index < -0.39 is 5.41 Å². The molecule has 84 valence electrons. The third-order valence-electron chi connectivity index (χ3n) is 3.28. The normalized spacial score (nSPS) is 30.3. The molecule has 15 heavy (non-hydrogen) atoms. The number of carbonyl (C=O) groups is 2. The minimum Gasteiger partial charge on any atom is -0.312 e. The molecule has 0 aliphatic carbocycles. The average molecular weight is 210 g/mol. The molecule has 0 saturated carbocycles. The molecule has 4 nitrogen and oxygen atoms in total. The van der Waals surface area contributed by atoms with Gasteiger partial charge in [-0.25, -0.2) is 0 Å². The van der Waals surface area contributed by atoms with Crippen LogP contribution in [0.5, 0.6) is 0 Å². The van der Waals surface area contributed by atoms with Gasteiger partial charge in [-0.15, -0.1) is 0 Å². The van der Waals surface area contributed by atoms with E-state index in [2.05, 4.69) is 5.32 Å².